The normalized spacial score (nSPS) is 11.1. The van der Waals surface area contributed by atoms with Gasteiger partial charge in [0.05, 0.1) is 35.7 Å². The molecule has 3 heterocycles. The van der Waals surface area contributed by atoms with Gasteiger partial charge in [0.25, 0.3) is 5.56 Å². The van der Waals surface area contributed by atoms with Crippen LogP contribution in [0.15, 0.2) is 84.3 Å². The molecule has 0 bridgehead atoms. The minimum absolute atomic E-state index is 0.199. The number of halogens is 1. The predicted octanol–water partition coefficient (Wildman–Crippen LogP) is 4.17. The van der Waals surface area contributed by atoms with Crippen LogP contribution in [0.1, 0.15) is 5.56 Å². The van der Waals surface area contributed by atoms with E-state index in [1.54, 1.807) is 53.5 Å². The topological polar surface area (TPSA) is 74.8 Å². The molecule has 0 aliphatic rings. The molecule has 0 unspecified atom stereocenters. The van der Waals surface area contributed by atoms with E-state index in [0.29, 0.717) is 28.9 Å². The summed E-state index contributed by atoms with van der Waals surface area (Å²) in [6.45, 7) is 0.298. The Hall–Kier alpha value is -4.33. The maximum absolute atomic E-state index is 13.2. The van der Waals surface area contributed by atoms with Crippen molar-refractivity contribution in [2.75, 3.05) is 0 Å². The summed E-state index contributed by atoms with van der Waals surface area (Å²) < 4.78 is 22.4. The molecule has 0 fully saturated rings. The number of rotatable bonds is 5. The molecule has 5 rings (SSSR count). The maximum Gasteiger partial charge on any atom is 0.261 e. The molecule has 0 aliphatic carbocycles. The van der Waals surface area contributed by atoms with Crippen molar-refractivity contribution in [3.8, 4) is 22.8 Å². The van der Waals surface area contributed by atoms with Crippen molar-refractivity contribution in [1.82, 2.24) is 24.3 Å². The van der Waals surface area contributed by atoms with Gasteiger partial charge in [-0.1, -0.05) is 12.1 Å². The Morgan fingerprint density at radius 1 is 1.00 bits per heavy atom. The zero-order valence-electron chi connectivity index (χ0n) is 17.1. The third-order valence-corrected chi connectivity index (χ3v) is 5.03. The Morgan fingerprint density at radius 3 is 2.59 bits per heavy atom. The lowest BCUT2D eigenvalue weighted by Gasteiger charge is -2.09. The molecule has 0 spiro atoms. The van der Waals surface area contributed by atoms with Gasteiger partial charge < -0.3 is 4.74 Å². The van der Waals surface area contributed by atoms with Crippen molar-refractivity contribution in [3.63, 3.8) is 0 Å². The summed E-state index contributed by atoms with van der Waals surface area (Å²) >= 11 is 0. The molecule has 8 heteroatoms. The first kappa shape index (κ1) is 19.6. The van der Waals surface area contributed by atoms with Gasteiger partial charge in [-0.3, -0.25) is 19.0 Å². The Morgan fingerprint density at radius 2 is 1.81 bits per heavy atom. The number of ether oxygens (including phenoxy) is 1. The quantitative estimate of drug-likeness (QED) is 0.421. The van der Waals surface area contributed by atoms with Crippen LogP contribution in [0.2, 0.25) is 0 Å². The number of aromatic nitrogens is 5. The maximum atomic E-state index is 13.2. The Bertz CT molecular complexity index is 1470. The lowest BCUT2D eigenvalue weighted by molar-refractivity contribution is 0.483. The number of aryl methyl sites for hydroxylation is 1. The lowest BCUT2D eigenvalue weighted by atomic mass is 10.2. The van der Waals surface area contributed by atoms with E-state index in [9.17, 15) is 9.18 Å². The molecular weight excluding hydrogens is 409 g/mol. The van der Waals surface area contributed by atoms with Crippen LogP contribution in [0, 0.1) is 5.82 Å². The number of fused-ring (bicyclic) bond motifs is 1. The van der Waals surface area contributed by atoms with Crippen molar-refractivity contribution in [2.24, 2.45) is 7.05 Å². The number of nitrogens with zero attached hydrogens (tertiary/aromatic N) is 5. The van der Waals surface area contributed by atoms with E-state index in [-0.39, 0.29) is 11.4 Å². The fourth-order valence-corrected chi connectivity index (χ4v) is 3.42. The third kappa shape index (κ3) is 3.98. The largest absolute Gasteiger partial charge is 0.457 e. The lowest BCUT2D eigenvalue weighted by Crippen LogP contribution is -2.21. The van der Waals surface area contributed by atoms with Crippen molar-refractivity contribution < 1.29 is 9.13 Å². The average Bonchev–Trinajstić information content (AvgIpc) is 3.24. The molecule has 0 aliphatic heterocycles. The molecule has 3 aromatic heterocycles. The molecule has 32 heavy (non-hydrogen) atoms. The number of hydrogen-bond donors (Lipinski definition) is 0. The van der Waals surface area contributed by atoms with Gasteiger partial charge in [0, 0.05) is 31.1 Å². The first-order valence-corrected chi connectivity index (χ1v) is 9.92. The van der Waals surface area contributed by atoms with Gasteiger partial charge in [-0.15, -0.1) is 0 Å². The standard InChI is InChI=1S/C24H18FN5O2/c1-29-14-17(12-28-29)23-11-20(8-9-26-23)32-19-6-7-22-21(10-19)24(31)30(15-27-22)13-16-2-4-18(25)5-3-16/h2-12,14-15H,13H2,1H3. The van der Waals surface area contributed by atoms with E-state index < -0.39 is 0 Å². The number of benzene rings is 2. The molecule has 7 nitrogen and oxygen atoms in total. The van der Waals surface area contributed by atoms with Gasteiger partial charge in [0.1, 0.15) is 17.3 Å². The van der Waals surface area contributed by atoms with Crippen LogP contribution < -0.4 is 10.3 Å². The summed E-state index contributed by atoms with van der Waals surface area (Å²) in [6.07, 6.45) is 6.77. The van der Waals surface area contributed by atoms with Gasteiger partial charge in [0.15, 0.2) is 0 Å². The van der Waals surface area contributed by atoms with Gasteiger partial charge in [-0.2, -0.15) is 5.10 Å². The van der Waals surface area contributed by atoms with E-state index in [2.05, 4.69) is 15.1 Å². The van der Waals surface area contributed by atoms with Crippen LogP contribution in [0.4, 0.5) is 4.39 Å². The molecule has 158 valence electrons. The summed E-state index contributed by atoms with van der Waals surface area (Å²) in [5, 5.41) is 4.60. The predicted molar refractivity (Wildman–Crippen MR) is 118 cm³/mol. The first-order chi connectivity index (χ1) is 15.5. The highest BCUT2D eigenvalue weighted by molar-refractivity contribution is 5.79. The fraction of sp³-hybridized carbons (Fsp3) is 0.0833. The molecule has 0 N–H and O–H groups in total. The van der Waals surface area contributed by atoms with Crippen LogP contribution in [0.5, 0.6) is 11.5 Å². The SMILES string of the molecule is Cn1cc(-c2cc(Oc3ccc4ncn(Cc5ccc(F)cc5)c(=O)c4c3)ccn2)cn1. The van der Waals surface area contributed by atoms with Crippen molar-refractivity contribution in [1.29, 1.82) is 0 Å². The highest BCUT2D eigenvalue weighted by atomic mass is 19.1. The molecule has 5 aromatic rings. The molecular formula is C24H18FN5O2. The fourth-order valence-electron chi connectivity index (χ4n) is 3.42. The van der Waals surface area contributed by atoms with Crippen LogP contribution >= 0.6 is 0 Å². The van der Waals surface area contributed by atoms with E-state index in [1.165, 1.54) is 23.0 Å². The Balaban J connectivity index is 1.44. The molecule has 0 radical (unpaired) electrons. The van der Waals surface area contributed by atoms with Gasteiger partial charge >= 0.3 is 0 Å². The van der Waals surface area contributed by atoms with E-state index in [4.69, 9.17) is 4.74 Å². The average molecular weight is 427 g/mol. The van der Waals surface area contributed by atoms with E-state index in [0.717, 1.165) is 16.8 Å². The van der Waals surface area contributed by atoms with Crippen LogP contribution in [-0.4, -0.2) is 24.3 Å². The summed E-state index contributed by atoms with van der Waals surface area (Å²) in [7, 11) is 1.84. The van der Waals surface area contributed by atoms with E-state index >= 15 is 0 Å². The zero-order valence-corrected chi connectivity index (χ0v) is 17.1. The van der Waals surface area contributed by atoms with Crippen molar-refractivity contribution >= 4 is 10.9 Å². The minimum Gasteiger partial charge on any atom is -0.457 e. The smallest absolute Gasteiger partial charge is 0.261 e. The second-order valence-electron chi connectivity index (χ2n) is 7.36. The molecule has 0 amide bonds. The van der Waals surface area contributed by atoms with Crippen LogP contribution in [0.25, 0.3) is 22.2 Å². The van der Waals surface area contributed by atoms with Gasteiger partial charge in [0.2, 0.25) is 0 Å². The van der Waals surface area contributed by atoms with Crippen molar-refractivity contribution in [3.05, 3.63) is 101 Å². The first-order valence-electron chi connectivity index (χ1n) is 9.92. The molecule has 0 saturated carbocycles. The minimum atomic E-state index is -0.317. The number of pyridine rings is 1. The van der Waals surface area contributed by atoms with Crippen LogP contribution in [-0.2, 0) is 13.6 Å². The molecule has 2 aromatic carbocycles. The Kier molecular flexibility index (Phi) is 4.95. The van der Waals surface area contributed by atoms with Crippen molar-refractivity contribution in [2.45, 2.75) is 6.54 Å². The highest BCUT2D eigenvalue weighted by Crippen LogP contribution is 2.26. The second-order valence-corrected chi connectivity index (χ2v) is 7.36. The summed E-state index contributed by atoms with van der Waals surface area (Å²) in [6, 6.07) is 14.8. The third-order valence-electron chi connectivity index (χ3n) is 5.03. The highest BCUT2D eigenvalue weighted by Gasteiger charge is 2.09. The Labute approximate surface area is 182 Å². The summed E-state index contributed by atoms with van der Waals surface area (Å²) in [5.74, 6) is 0.787. The molecule has 0 saturated heterocycles. The van der Waals surface area contributed by atoms with Gasteiger partial charge in [-0.05, 0) is 42.0 Å². The molecule has 0 atom stereocenters. The summed E-state index contributed by atoms with van der Waals surface area (Å²) in [4.78, 5) is 21.8. The second kappa shape index (κ2) is 8.07. The van der Waals surface area contributed by atoms with Crippen LogP contribution in [0.3, 0.4) is 0 Å². The van der Waals surface area contributed by atoms with Gasteiger partial charge in [-0.25, -0.2) is 9.37 Å². The number of hydrogen-bond acceptors (Lipinski definition) is 5. The monoisotopic (exact) mass is 427 g/mol. The van der Waals surface area contributed by atoms with E-state index in [1.807, 2.05) is 19.3 Å². The zero-order chi connectivity index (χ0) is 22.1. The summed E-state index contributed by atoms with van der Waals surface area (Å²) in [5.41, 5.74) is 2.80.